The standard InChI is InChI=1S/C18H23FN4O2/c1-11(2)18-21-20-16-10-22(9-12(3)23(16)18)17(24)8-13-5-6-15(25-4)14(19)7-13/h5-7,11-12H,8-10H2,1-4H3/t12-/m0/s1. The lowest BCUT2D eigenvalue weighted by Crippen LogP contribution is -2.41. The van der Waals surface area contributed by atoms with E-state index in [1.54, 1.807) is 17.0 Å². The van der Waals surface area contributed by atoms with Crippen molar-refractivity contribution in [3.8, 4) is 5.75 Å². The first-order valence-electron chi connectivity index (χ1n) is 8.44. The molecular weight excluding hydrogens is 323 g/mol. The molecule has 7 heteroatoms. The van der Waals surface area contributed by atoms with Gasteiger partial charge in [0.05, 0.1) is 26.1 Å². The van der Waals surface area contributed by atoms with Gasteiger partial charge in [0.1, 0.15) is 5.82 Å². The third-order valence-corrected chi connectivity index (χ3v) is 4.49. The van der Waals surface area contributed by atoms with E-state index in [0.29, 0.717) is 18.7 Å². The molecule has 3 rings (SSSR count). The van der Waals surface area contributed by atoms with Crippen LogP contribution in [0.4, 0.5) is 4.39 Å². The molecule has 0 fully saturated rings. The molecule has 1 aromatic heterocycles. The van der Waals surface area contributed by atoms with Crippen LogP contribution in [0.25, 0.3) is 0 Å². The number of ether oxygens (including phenoxy) is 1. The number of methoxy groups -OCH3 is 1. The van der Waals surface area contributed by atoms with Crippen LogP contribution in [-0.2, 0) is 17.8 Å². The van der Waals surface area contributed by atoms with E-state index in [1.165, 1.54) is 13.2 Å². The molecule has 25 heavy (non-hydrogen) atoms. The first kappa shape index (κ1) is 17.4. The zero-order valence-corrected chi connectivity index (χ0v) is 15.0. The molecule has 0 saturated carbocycles. The van der Waals surface area contributed by atoms with Crippen LogP contribution >= 0.6 is 0 Å². The maximum absolute atomic E-state index is 13.8. The van der Waals surface area contributed by atoms with Crippen LogP contribution in [0, 0.1) is 5.82 Å². The van der Waals surface area contributed by atoms with E-state index in [1.807, 2.05) is 0 Å². The van der Waals surface area contributed by atoms with E-state index in [4.69, 9.17) is 4.74 Å². The Morgan fingerprint density at radius 1 is 1.40 bits per heavy atom. The van der Waals surface area contributed by atoms with Gasteiger partial charge in [0, 0.05) is 12.5 Å². The van der Waals surface area contributed by atoms with Crippen molar-refractivity contribution in [3.63, 3.8) is 0 Å². The largest absolute Gasteiger partial charge is 0.494 e. The van der Waals surface area contributed by atoms with Crippen molar-refractivity contribution in [2.45, 2.75) is 45.7 Å². The van der Waals surface area contributed by atoms with Gasteiger partial charge in [-0.25, -0.2) is 4.39 Å². The lowest BCUT2D eigenvalue weighted by Gasteiger charge is -2.33. The van der Waals surface area contributed by atoms with Crippen LogP contribution in [0.1, 0.15) is 49.9 Å². The second kappa shape index (κ2) is 6.82. The predicted molar refractivity (Wildman–Crippen MR) is 90.9 cm³/mol. The fourth-order valence-corrected chi connectivity index (χ4v) is 3.25. The number of rotatable bonds is 4. The number of halogens is 1. The summed E-state index contributed by atoms with van der Waals surface area (Å²) in [6.45, 7) is 7.26. The monoisotopic (exact) mass is 346 g/mol. The average Bonchev–Trinajstić information content (AvgIpc) is 3.00. The number of fused-ring (bicyclic) bond motifs is 1. The van der Waals surface area contributed by atoms with E-state index < -0.39 is 5.82 Å². The summed E-state index contributed by atoms with van der Waals surface area (Å²) in [6.07, 6.45) is 0.152. The molecule has 0 bridgehead atoms. The van der Waals surface area contributed by atoms with Crippen molar-refractivity contribution in [1.29, 1.82) is 0 Å². The van der Waals surface area contributed by atoms with E-state index >= 15 is 0 Å². The molecule has 0 spiro atoms. The highest BCUT2D eigenvalue weighted by atomic mass is 19.1. The third-order valence-electron chi connectivity index (χ3n) is 4.49. The molecule has 2 aromatic rings. The van der Waals surface area contributed by atoms with Gasteiger partial charge in [-0.1, -0.05) is 19.9 Å². The number of hydrogen-bond acceptors (Lipinski definition) is 4. The van der Waals surface area contributed by atoms with Crippen molar-refractivity contribution < 1.29 is 13.9 Å². The van der Waals surface area contributed by atoms with Gasteiger partial charge in [0.15, 0.2) is 17.4 Å². The van der Waals surface area contributed by atoms with Gasteiger partial charge in [-0.2, -0.15) is 0 Å². The molecule has 1 aromatic carbocycles. The van der Waals surface area contributed by atoms with E-state index in [2.05, 4.69) is 35.5 Å². The molecular formula is C18H23FN4O2. The van der Waals surface area contributed by atoms with Crippen LogP contribution in [-0.4, -0.2) is 39.2 Å². The summed E-state index contributed by atoms with van der Waals surface area (Å²) in [4.78, 5) is 14.4. The van der Waals surface area contributed by atoms with Crippen LogP contribution in [0.3, 0.4) is 0 Å². The lowest BCUT2D eigenvalue weighted by atomic mass is 10.1. The molecule has 0 saturated heterocycles. The number of amides is 1. The molecule has 6 nitrogen and oxygen atoms in total. The summed E-state index contributed by atoms with van der Waals surface area (Å²) in [7, 11) is 1.42. The maximum atomic E-state index is 13.8. The first-order chi connectivity index (χ1) is 11.9. The summed E-state index contributed by atoms with van der Waals surface area (Å²) < 4.78 is 20.8. The minimum atomic E-state index is -0.457. The highest BCUT2D eigenvalue weighted by Crippen LogP contribution is 2.26. The Morgan fingerprint density at radius 2 is 2.16 bits per heavy atom. The van der Waals surface area contributed by atoms with Gasteiger partial charge in [-0.05, 0) is 24.6 Å². The molecule has 0 unspecified atom stereocenters. The van der Waals surface area contributed by atoms with Crippen LogP contribution < -0.4 is 4.74 Å². The number of nitrogens with zero attached hydrogens (tertiary/aromatic N) is 4. The molecule has 134 valence electrons. The van der Waals surface area contributed by atoms with Crippen molar-refractivity contribution in [2.75, 3.05) is 13.7 Å². The third kappa shape index (κ3) is 3.36. The van der Waals surface area contributed by atoms with Gasteiger partial charge >= 0.3 is 0 Å². The van der Waals surface area contributed by atoms with Crippen molar-refractivity contribution in [1.82, 2.24) is 19.7 Å². The number of hydrogen-bond donors (Lipinski definition) is 0. The number of carbonyl (C=O) groups excluding carboxylic acids is 1. The van der Waals surface area contributed by atoms with Gasteiger partial charge in [0.25, 0.3) is 0 Å². The minimum absolute atomic E-state index is 0.0447. The zero-order chi connectivity index (χ0) is 18.1. The molecule has 1 amide bonds. The minimum Gasteiger partial charge on any atom is -0.494 e. The second-order valence-corrected chi connectivity index (χ2v) is 6.77. The molecule has 0 N–H and O–H groups in total. The van der Waals surface area contributed by atoms with Crippen LogP contribution in [0.2, 0.25) is 0 Å². The van der Waals surface area contributed by atoms with E-state index in [0.717, 1.165) is 11.6 Å². The second-order valence-electron chi connectivity index (χ2n) is 6.77. The predicted octanol–water partition coefficient (Wildman–Crippen LogP) is 2.70. The Labute approximate surface area is 146 Å². The Bertz CT molecular complexity index is 787. The Balaban J connectivity index is 1.74. The van der Waals surface area contributed by atoms with Crippen LogP contribution in [0.15, 0.2) is 18.2 Å². The SMILES string of the molecule is COc1ccc(CC(=O)N2Cc3nnc(C(C)C)n3[C@@H](C)C2)cc1F. The fraction of sp³-hybridized carbons (Fsp3) is 0.500. The summed E-state index contributed by atoms with van der Waals surface area (Å²) in [5.41, 5.74) is 0.630. The number of aromatic nitrogens is 3. The summed E-state index contributed by atoms with van der Waals surface area (Å²) in [5.74, 6) is 1.71. The Morgan fingerprint density at radius 3 is 2.80 bits per heavy atom. The van der Waals surface area contributed by atoms with E-state index in [-0.39, 0.29) is 30.0 Å². The lowest BCUT2D eigenvalue weighted by molar-refractivity contribution is -0.132. The van der Waals surface area contributed by atoms with Gasteiger partial charge in [0.2, 0.25) is 5.91 Å². The quantitative estimate of drug-likeness (QED) is 0.854. The molecule has 2 heterocycles. The normalized spacial score (nSPS) is 16.9. The summed E-state index contributed by atoms with van der Waals surface area (Å²) in [5, 5.41) is 8.52. The van der Waals surface area contributed by atoms with Gasteiger partial charge in [-0.3, -0.25) is 4.79 Å². The highest BCUT2D eigenvalue weighted by molar-refractivity contribution is 5.79. The molecule has 1 aliphatic heterocycles. The van der Waals surface area contributed by atoms with E-state index in [9.17, 15) is 9.18 Å². The zero-order valence-electron chi connectivity index (χ0n) is 15.0. The smallest absolute Gasteiger partial charge is 0.227 e. The maximum Gasteiger partial charge on any atom is 0.227 e. The summed E-state index contributed by atoms with van der Waals surface area (Å²) in [6, 6.07) is 4.73. The topological polar surface area (TPSA) is 60.2 Å². The van der Waals surface area contributed by atoms with Gasteiger partial charge < -0.3 is 14.2 Å². The molecule has 0 aliphatic carbocycles. The highest BCUT2D eigenvalue weighted by Gasteiger charge is 2.29. The Hall–Kier alpha value is -2.44. The fourth-order valence-electron chi connectivity index (χ4n) is 3.25. The number of benzene rings is 1. The first-order valence-corrected chi connectivity index (χ1v) is 8.44. The summed E-state index contributed by atoms with van der Waals surface area (Å²) >= 11 is 0. The number of carbonyl (C=O) groups is 1. The van der Waals surface area contributed by atoms with Crippen LogP contribution in [0.5, 0.6) is 5.75 Å². The average molecular weight is 346 g/mol. The Kier molecular flexibility index (Phi) is 4.74. The molecule has 0 radical (unpaired) electrons. The molecule has 1 atom stereocenters. The van der Waals surface area contributed by atoms with Crippen molar-refractivity contribution >= 4 is 5.91 Å². The van der Waals surface area contributed by atoms with Crippen molar-refractivity contribution in [2.24, 2.45) is 0 Å². The van der Waals surface area contributed by atoms with Gasteiger partial charge in [-0.15, -0.1) is 10.2 Å². The van der Waals surface area contributed by atoms with Crippen molar-refractivity contribution in [3.05, 3.63) is 41.2 Å². The molecule has 1 aliphatic rings.